The average molecular weight is 343 g/mol. The molecule has 118 valence electrons. The number of aromatic nitrogens is 2. The summed E-state index contributed by atoms with van der Waals surface area (Å²) in [6.07, 6.45) is 7.25. The molecule has 1 N–H and O–H groups in total. The number of pyridine rings is 1. The van der Waals surface area contributed by atoms with Gasteiger partial charge in [0, 0.05) is 36.8 Å². The van der Waals surface area contributed by atoms with Crippen LogP contribution in [0.1, 0.15) is 28.6 Å². The predicted octanol–water partition coefficient (Wildman–Crippen LogP) is 3.63. The summed E-state index contributed by atoms with van der Waals surface area (Å²) in [4.78, 5) is 20.7. The first-order chi connectivity index (χ1) is 11.3. The smallest absolute Gasteiger partial charge is 0.220 e. The highest BCUT2D eigenvalue weighted by Crippen LogP contribution is 2.22. The van der Waals surface area contributed by atoms with E-state index in [1.807, 2.05) is 17.5 Å². The number of nitrogens with one attached hydrogen (secondary N) is 1. The van der Waals surface area contributed by atoms with Crippen molar-refractivity contribution in [3.63, 3.8) is 0 Å². The van der Waals surface area contributed by atoms with Gasteiger partial charge in [-0.2, -0.15) is 11.3 Å². The second-order valence-corrected chi connectivity index (χ2v) is 6.89. The highest BCUT2D eigenvalue weighted by Gasteiger charge is 2.17. The lowest BCUT2D eigenvalue weighted by Gasteiger charge is -2.16. The molecule has 1 atom stereocenters. The van der Waals surface area contributed by atoms with Crippen molar-refractivity contribution >= 4 is 28.6 Å². The maximum atomic E-state index is 12.3. The molecule has 4 nitrogen and oxygen atoms in total. The first kappa shape index (κ1) is 15.8. The Kier molecular flexibility index (Phi) is 5.50. The van der Waals surface area contributed by atoms with E-state index in [2.05, 4.69) is 32.1 Å². The van der Waals surface area contributed by atoms with Crippen molar-refractivity contribution in [2.45, 2.75) is 25.3 Å². The van der Waals surface area contributed by atoms with E-state index in [0.717, 1.165) is 17.0 Å². The van der Waals surface area contributed by atoms with Gasteiger partial charge >= 0.3 is 0 Å². The summed E-state index contributed by atoms with van der Waals surface area (Å²) in [6, 6.07) is 5.91. The van der Waals surface area contributed by atoms with E-state index in [9.17, 15) is 4.79 Å². The molecule has 3 rings (SSSR count). The van der Waals surface area contributed by atoms with Crippen LogP contribution in [-0.4, -0.2) is 15.9 Å². The molecule has 0 aromatic carbocycles. The summed E-state index contributed by atoms with van der Waals surface area (Å²) in [7, 11) is 0. The summed E-state index contributed by atoms with van der Waals surface area (Å²) in [5.41, 5.74) is 2.30. The molecular formula is C17H17N3OS2. The third-order valence-corrected chi connectivity index (χ3v) is 5.09. The molecule has 0 unspecified atom stereocenters. The molecule has 0 aliphatic heterocycles. The lowest BCUT2D eigenvalue weighted by molar-refractivity contribution is -0.121. The monoisotopic (exact) mass is 343 g/mol. The maximum absolute atomic E-state index is 12.3. The number of hydrogen-bond donors (Lipinski definition) is 1. The minimum Gasteiger partial charge on any atom is -0.347 e. The van der Waals surface area contributed by atoms with E-state index in [1.165, 1.54) is 5.56 Å². The van der Waals surface area contributed by atoms with E-state index in [0.29, 0.717) is 12.8 Å². The number of carbonyl (C=O) groups is 1. The molecule has 0 spiro atoms. The molecule has 3 aromatic rings. The molecule has 6 heteroatoms. The summed E-state index contributed by atoms with van der Waals surface area (Å²) in [5.74, 6) is 0.0456. The number of thiophene rings is 1. The Morgan fingerprint density at radius 3 is 2.87 bits per heavy atom. The van der Waals surface area contributed by atoms with Crippen LogP contribution in [0.15, 0.2) is 52.9 Å². The van der Waals surface area contributed by atoms with E-state index in [-0.39, 0.29) is 11.9 Å². The first-order valence-corrected chi connectivity index (χ1v) is 9.22. The standard InChI is InChI=1S/C17H17N3OS2/c21-16(4-3-13-2-1-6-18-11-13)20-15(17-19-7-9-23-17)10-14-5-8-22-12-14/h1-2,5-9,11-12,15H,3-4,10H2,(H,20,21)/t15-/m1/s1. The minimum absolute atomic E-state index is 0.0456. The molecule has 0 bridgehead atoms. The highest BCUT2D eigenvalue weighted by atomic mass is 32.1. The van der Waals surface area contributed by atoms with Gasteiger partial charge in [-0.1, -0.05) is 6.07 Å². The quantitative estimate of drug-likeness (QED) is 0.713. The third kappa shape index (κ3) is 4.71. The molecular weight excluding hydrogens is 326 g/mol. The van der Waals surface area contributed by atoms with Crippen LogP contribution in [0.4, 0.5) is 0 Å². The van der Waals surface area contributed by atoms with Gasteiger partial charge in [-0.25, -0.2) is 4.98 Å². The largest absolute Gasteiger partial charge is 0.347 e. The van der Waals surface area contributed by atoms with Crippen molar-refractivity contribution < 1.29 is 4.79 Å². The van der Waals surface area contributed by atoms with Crippen LogP contribution in [0.3, 0.4) is 0 Å². The Morgan fingerprint density at radius 2 is 2.17 bits per heavy atom. The van der Waals surface area contributed by atoms with Crippen LogP contribution >= 0.6 is 22.7 Å². The van der Waals surface area contributed by atoms with Gasteiger partial charge in [-0.15, -0.1) is 11.3 Å². The molecule has 23 heavy (non-hydrogen) atoms. The molecule has 0 aliphatic rings. The van der Waals surface area contributed by atoms with Crippen LogP contribution in [0.2, 0.25) is 0 Å². The zero-order valence-corrected chi connectivity index (χ0v) is 14.1. The first-order valence-electron chi connectivity index (χ1n) is 7.40. The molecule has 3 heterocycles. The Labute approximate surface area is 143 Å². The highest BCUT2D eigenvalue weighted by molar-refractivity contribution is 7.09. The SMILES string of the molecule is O=C(CCc1cccnc1)N[C@H](Cc1ccsc1)c1nccs1. The Bertz CT molecular complexity index is 712. The molecule has 0 aliphatic carbocycles. The van der Waals surface area contributed by atoms with E-state index in [1.54, 1.807) is 41.3 Å². The van der Waals surface area contributed by atoms with Crippen LogP contribution in [-0.2, 0) is 17.6 Å². The fourth-order valence-electron chi connectivity index (χ4n) is 2.32. The summed E-state index contributed by atoms with van der Waals surface area (Å²) >= 11 is 3.25. The maximum Gasteiger partial charge on any atom is 0.220 e. The Morgan fingerprint density at radius 1 is 1.22 bits per heavy atom. The number of nitrogens with zero attached hydrogens (tertiary/aromatic N) is 2. The number of amides is 1. The summed E-state index contributed by atoms with van der Waals surface area (Å²) in [5, 5.41) is 10.2. The van der Waals surface area contributed by atoms with Crippen molar-refractivity contribution in [3.8, 4) is 0 Å². The zero-order chi connectivity index (χ0) is 15.9. The number of thiazole rings is 1. The van der Waals surface area contributed by atoms with Crippen LogP contribution < -0.4 is 5.32 Å². The number of aryl methyl sites for hydroxylation is 1. The average Bonchev–Trinajstić information content (AvgIpc) is 3.27. The molecule has 0 saturated heterocycles. The Balaban J connectivity index is 1.60. The second kappa shape index (κ2) is 7.99. The van der Waals surface area contributed by atoms with Crippen molar-refractivity contribution in [1.82, 2.24) is 15.3 Å². The van der Waals surface area contributed by atoms with Gasteiger partial charge in [0.15, 0.2) is 0 Å². The van der Waals surface area contributed by atoms with Gasteiger partial charge in [0.2, 0.25) is 5.91 Å². The van der Waals surface area contributed by atoms with E-state index >= 15 is 0 Å². The lowest BCUT2D eigenvalue weighted by atomic mass is 10.1. The minimum atomic E-state index is -0.0639. The van der Waals surface area contributed by atoms with Crippen molar-refractivity contribution in [2.75, 3.05) is 0 Å². The number of carbonyl (C=O) groups excluding carboxylic acids is 1. The molecule has 0 fully saturated rings. The van der Waals surface area contributed by atoms with Crippen molar-refractivity contribution in [2.24, 2.45) is 0 Å². The van der Waals surface area contributed by atoms with Crippen LogP contribution in [0.25, 0.3) is 0 Å². The number of hydrogen-bond acceptors (Lipinski definition) is 5. The molecule has 0 radical (unpaired) electrons. The second-order valence-electron chi connectivity index (χ2n) is 5.19. The van der Waals surface area contributed by atoms with Gasteiger partial charge in [0.05, 0.1) is 6.04 Å². The fraction of sp³-hybridized carbons (Fsp3) is 0.235. The zero-order valence-electron chi connectivity index (χ0n) is 12.5. The van der Waals surface area contributed by atoms with Gasteiger partial charge in [0.25, 0.3) is 0 Å². The fourth-order valence-corrected chi connectivity index (χ4v) is 3.69. The topological polar surface area (TPSA) is 54.9 Å². The van der Waals surface area contributed by atoms with Gasteiger partial charge < -0.3 is 5.32 Å². The van der Waals surface area contributed by atoms with Crippen molar-refractivity contribution in [1.29, 1.82) is 0 Å². The summed E-state index contributed by atoms with van der Waals surface area (Å²) < 4.78 is 0. The Hall–Kier alpha value is -2.05. The third-order valence-electron chi connectivity index (χ3n) is 3.47. The molecule has 1 amide bonds. The lowest BCUT2D eigenvalue weighted by Crippen LogP contribution is -2.30. The normalized spacial score (nSPS) is 12.0. The van der Waals surface area contributed by atoms with E-state index < -0.39 is 0 Å². The van der Waals surface area contributed by atoms with Crippen molar-refractivity contribution in [3.05, 3.63) is 69.1 Å². The van der Waals surface area contributed by atoms with Gasteiger partial charge in [-0.05, 0) is 40.4 Å². The number of rotatable bonds is 7. The molecule has 3 aromatic heterocycles. The van der Waals surface area contributed by atoms with Crippen LogP contribution in [0.5, 0.6) is 0 Å². The van der Waals surface area contributed by atoms with Crippen LogP contribution in [0, 0.1) is 0 Å². The predicted molar refractivity (Wildman–Crippen MR) is 93.6 cm³/mol. The van der Waals surface area contributed by atoms with Gasteiger partial charge in [0.1, 0.15) is 5.01 Å². The van der Waals surface area contributed by atoms with E-state index in [4.69, 9.17) is 0 Å². The van der Waals surface area contributed by atoms with Gasteiger partial charge in [-0.3, -0.25) is 9.78 Å². The molecule has 0 saturated carbocycles. The summed E-state index contributed by atoms with van der Waals surface area (Å²) in [6.45, 7) is 0.